The highest BCUT2D eigenvalue weighted by molar-refractivity contribution is 6.30. The Morgan fingerprint density at radius 1 is 1.14 bits per heavy atom. The first-order valence-corrected chi connectivity index (χ1v) is 10.1. The van der Waals surface area contributed by atoms with Gasteiger partial charge in [0.25, 0.3) is 5.56 Å². The van der Waals surface area contributed by atoms with Crippen molar-refractivity contribution in [2.75, 3.05) is 51.2 Å². The minimum atomic E-state index is -0.402. The highest BCUT2D eigenvalue weighted by Gasteiger charge is 2.22. The molecule has 3 heterocycles. The number of rotatable bonds is 3. The molecule has 1 N–H and O–H groups in total. The Hall–Kier alpha value is -1.96. The molecule has 0 amide bonds. The molecule has 0 spiro atoms. The summed E-state index contributed by atoms with van der Waals surface area (Å²) in [7, 11) is 2.10. The van der Waals surface area contributed by atoms with E-state index in [-0.39, 0.29) is 10.6 Å². The summed E-state index contributed by atoms with van der Waals surface area (Å²) < 4.78 is 13.4. The van der Waals surface area contributed by atoms with Gasteiger partial charge in [-0.05, 0) is 31.2 Å². The molecule has 4 rings (SSSR count). The Kier molecular flexibility index (Phi) is 5.66. The number of anilines is 1. The van der Waals surface area contributed by atoms with Gasteiger partial charge in [-0.25, -0.2) is 9.37 Å². The molecule has 0 atom stereocenters. The molecule has 2 aromatic rings. The highest BCUT2D eigenvalue weighted by Crippen LogP contribution is 2.20. The summed E-state index contributed by atoms with van der Waals surface area (Å²) >= 11 is 5.90. The van der Waals surface area contributed by atoms with Gasteiger partial charge < -0.3 is 9.80 Å². The molecule has 1 fully saturated rings. The lowest BCUT2D eigenvalue weighted by atomic mass is 10.1. The Bertz CT molecular complexity index is 910. The summed E-state index contributed by atoms with van der Waals surface area (Å²) in [6.07, 6.45) is 1.39. The average molecular weight is 406 g/mol. The van der Waals surface area contributed by atoms with Gasteiger partial charge in [0, 0.05) is 57.8 Å². The van der Waals surface area contributed by atoms with Gasteiger partial charge in [-0.2, -0.15) is 0 Å². The lowest BCUT2D eigenvalue weighted by molar-refractivity contribution is 0.278. The van der Waals surface area contributed by atoms with Crippen molar-refractivity contribution in [1.29, 1.82) is 0 Å². The molecule has 0 aliphatic carbocycles. The predicted octanol–water partition coefficient (Wildman–Crippen LogP) is 1.92. The zero-order valence-corrected chi connectivity index (χ0v) is 16.8. The molecule has 150 valence electrons. The number of H-pyrrole nitrogens is 1. The second-order valence-corrected chi connectivity index (χ2v) is 8.04. The van der Waals surface area contributed by atoms with Crippen molar-refractivity contribution < 1.29 is 4.39 Å². The molecule has 28 heavy (non-hydrogen) atoms. The third-order valence-electron chi connectivity index (χ3n) is 5.62. The molecule has 2 aliphatic heterocycles. The monoisotopic (exact) mass is 405 g/mol. The number of nitrogens with one attached hydrogen (secondary N) is 1. The summed E-state index contributed by atoms with van der Waals surface area (Å²) in [5.74, 6) is 0.288. The molecule has 0 bridgehead atoms. The van der Waals surface area contributed by atoms with Gasteiger partial charge in [0.1, 0.15) is 5.82 Å². The van der Waals surface area contributed by atoms with Crippen LogP contribution in [0.2, 0.25) is 5.02 Å². The average Bonchev–Trinajstić information content (AvgIpc) is 2.88. The zero-order valence-electron chi connectivity index (χ0n) is 16.0. The standard InChI is InChI=1S/C20H25ClFN5O/c1-25-8-10-27(11-9-25)20-23-18-5-7-26(6-4-15(18)19(28)24-20)13-14-2-3-17(22)16(21)12-14/h2-3,12H,4-11,13H2,1H3,(H,23,24,28). The number of piperazine rings is 1. The second kappa shape index (κ2) is 8.19. The van der Waals surface area contributed by atoms with Crippen LogP contribution in [-0.4, -0.2) is 66.1 Å². The lowest BCUT2D eigenvalue weighted by Gasteiger charge is -2.32. The molecule has 0 unspecified atom stereocenters. The molecule has 8 heteroatoms. The van der Waals surface area contributed by atoms with Crippen LogP contribution in [0, 0.1) is 5.82 Å². The van der Waals surface area contributed by atoms with E-state index in [1.807, 2.05) is 0 Å². The van der Waals surface area contributed by atoms with E-state index >= 15 is 0 Å². The van der Waals surface area contributed by atoms with Crippen molar-refractivity contribution in [3.05, 3.63) is 56.2 Å². The Labute approximate surface area is 168 Å². The summed E-state index contributed by atoms with van der Waals surface area (Å²) in [4.78, 5) is 27.2. The zero-order chi connectivity index (χ0) is 19.7. The number of hydrogen-bond donors (Lipinski definition) is 1. The minimum Gasteiger partial charge on any atom is -0.340 e. The van der Waals surface area contributed by atoms with E-state index in [0.29, 0.717) is 18.9 Å². The summed E-state index contributed by atoms with van der Waals surface area (Å²) in [5.41, 5.74) is 2.64. The van der Waals surface area contributed by atoms with Gasteiger partial charge in [-0.3, -0.25) is 14.7 Å². The van der Waals surface area contributed by atoms with Crippen LogP contribution in [0.15, 0.2) is 23.0 Å². The maximum Gasteiger partial charge on any atom is 0.255 e. The maximum atomic E-state index is 13.4. The first kappa shape index (κ1) is 19.4. The molecule has 6 nitrogen and oxygen atoms in total. The smallest absolute Gasteiger partial charge is 0.255 e. The second-order valence-electron chi connectivity index (χ2n) is 7.63. The maximum absolute atomic E-state index is 13.4. The van der Waals surface area contributed by atoms with E-state index in [0.717, 1.165) is 62.5 Å². The third-order valence-corrected chi connectivity index (χ3v) is 5.91. The fourth-order valence-electron chi connectivity index (χ4n) is 3.86. The van der Waals surface area contributed by atoms with Crippen molar-refractivity contribution in [2.45, 2.75) is 19.4 Å². The number of halogens is 2. The van der Waals surface area contributed by atoms with E-state index in [9.17, 15) is 9.18 Å². The first-order valence-electron chi connectivity index (χ1n) is 9.71. The molecule has 0 saturated carbocycles. The van der Waals surface area contributed by atoms with Crippen molar-refractivity contribution in [3.8, 4) is 0 Å². The van der Waals surface area contributed by atoms with Gasteiger partial charge in [0.15, 0.2) is 0 Å². The molecule has 0 radical (unpaired) electrons. The lowest BCUT2D eigenvalue weighted by Crippen LogP contribution is -2.45. The van der Waals surface area contributed by atoms with E-state index in [1.54, 1.807) is 12.1 Å². The Morgan fingerprint density at radius 3 is 2.64 bits per heavy atom. The summed E-state index contributed by atoms with van der Waals surface area (Å²) in [6.45, 7) is 5.92. The van der Waals surface area contributed by atoms with E-state index in [2.05, 4.69) is 26.7 Å². The molecular formula is C20H25ClFN5O. The van der Waals surface area contributed by atoms with Gasteiger partial charge in [-0.15, -0.1) is 0 Å². The highest BCUT2D eigenvalue weighted by atomic mass is 35.5. The topological polar surface area (TPSA) is 55.5 Å². The molecule has 2 aliphatic rings. The number of hydrogen-bond acceptors (Lipinski definition) is 5. The van der Waals surface area contributed by atoms with Gasteiger partial charge in [-0.1, -0.05) is 17.7 Å². The molecule has 1 aromatic carbocycles. The molecular weight excluding hydrogens is 381 g/mol. The van der Waals surface area contributed by atoms with Crippen LogP contribution in [-0.2, 0) is 19.4 Å². The van der Waals surface area contributed by atoms with Crippen LogP contribution in [0.4, 0.5) is 10.3 Å². The minimum absolute atomic E-state index is 0.0226. The van der Waals surface area contributed by atoms with E-state index in [1.165, 1.54) is 6.07 Å². The normalized spacial score (nSPS) is 18.8. The summed E-state index contributed by atoms with van der Waals surface area (Å²) in [5, 5.41) is 0.144. The van der Waals surface area contributed by atoms with Crippen molar-refractivity contribution in [3.63, 3.8) is 0 Å². The quantitative estimate of drug-likeness (QED) is 0.845. The number of aromatic amines is 1. The van der Waals surface area contributed by atoms with Crippen LogP contribution < -0.4 is 10.5 Å². The Balaban J connectivity index is 1.48. The number of aromatic nitrogens is 2. The number of fused-ring (bicyclic) bond motifs is 1. The van der Waals surface area contributed by atoms with E-state index in [4.69, 9.17) is 16.6 Å². The van der Waals surface area contributed by atoms with Crippen LogP contribution in [0.1, 0.15) is 16.8 Å². The van der Waals surface area contributed by atoms with E-state index < -0.39 is 5.82 Å². The van der Waals surface area contributed by atoms with Crippen LogP contribution in [0.3, 0.4) is 0 Å². The van der Waals surface area contributed by atoms with Crippen molar-refractivity contribution in [2.24, 2.45) is 0 Å². The first-order chi connectivity index (χ1) is 13.5. The van der Waals surface area contributed by atoms with Crippen LogP contribution in [0.25, 0.3) is 0 Å². The van der Waals surface area contributed by atoms with Gasteiger partial charge in [0.05, 0.1) is 10.7 Å². The molecule has 1 aromatic heterocycles. The molecule has 1 saturated heterocycles. The van der Waals surface area contributed by atoms with Crippen molar-refractivity contribution >= 4 is 17.5 Å². The van der Waals surface area contributed by atoms with Gasteiger partial charge in [0.2, 0.25) is 5.95 Å². The largest absolute Gasteiger partial charge is 0.340 e. The fraction of sp³-hybridized carbons (Fsp3) is 0.500. The number of nitrogens with zero attached hydrogens (tertiary/aromatic N) is 4. The Morgan fingerprint density at radius 2 is 1.89 bits per heavy atom. The number of likely N-dealkylation sites (N-methyl/N-ethyl adjacent to an activating group) is 1. The fourth-order valence-corrected chi connectivity index (χ4v) is 4.07. The third kappa shape index (κ3) is 4.21. The van der Waals surface area contributed by atoms with Crippen LogP contribution in [0.5, 0.6) is 0 Å². The summed E-state index contributed by atoms with van der Waals surface area (Å²) in [6, 6.07) is 4.83. The van der Waals surface area contributed by atoms with Crippen molar-refractivity contribution in [1.82, 2.24) is 19.8 Å². The number of benzene rings is 1. The SMILES string of the molecule is CN1CCN(c2nc3c(c(=O)[nH]2)CCN(Cc2ccc(F)c(Cl)c2)CC3)CC1. The predicted molar refractivity (Wildman–Crippen MR) is 109 cm³/mol. The van der Waals surface area contributed by atoms with Gasteiger partial charge >= 0.3 is 0 Å². The van der Waals surface area contributed by atoms with Crippen LogP contribution >= 0.6 is 11.6 Å².